The van der Waals surface area contributed by atoms with Gasteiger partial charge in [0.25, 0.3) is 5.91 Å². The van der Waals surface area contributed by atoms with Crippen LogP contribution in [0.25, 0.3) is 4.96 Å². The highest BCUT2D eigenvalue weighted by Gasteiger charge is 2.24. The number of nitrogens with zero attached hydrogens (tertiary/aromatic N) is 5. The number of carbonyl (C=O) groups excluding carboxylic acids is 1. The van der Waals surface area contributed by atoms with Crippen molar-refractivity contribution in [3.05, 3.63) is 40.9 Å². The standard InChI is InChI=1S/C19H26N6OS/c1-23-14-15(12-21-23)11-20-13-16-17(22-19-25(16)9-10-27-19)18(26)24-7-5-3-2-4-6-8-24/h9-10,12,14,20H,2-8,11,13H2,1H3. The molecule has 0 unspecified atom stereocenters. The van der Waals surface area contributed by atoms with Crippen LogP contribution in [0.2, 0.25) is 0 Å². The molecule has 0 aliphatic carbocycles. The van der Waals surface area contributed by atoms with Crippen molar-refractivity contribution in [1.82, 2.24) is 29.4 Å². The minimum absolute atomic E-state index is 0.0750. The lowest BCUT2D eigenvalue weighted by molar-refractivity contribution is 0.0736. The van der Waals surface area contributed by atoms with Crippen molar-refractivity contribution < 1.29 is 4.79 Å². The van der Waals surface area contributed by atoms with Crippen LogP contribution in [0.1, 0.15) is 53.8 Å². The Bertz CT molecular complexity index is 902. The Morgan fingerprint density at radius 2 is 1.96 bits per heavy atom. The maximum absolute atomic E-state index is 13.2. The highest BCUT2D eigenvalue weighted by atomic mass is 32.1. The summed E-state index contributed by atoms with van der Waals surface area (Å²) in [4.78, 5) is 20.7. The molecule has 1 saturated heterocycles. The Labute approximate surface area is 163 Å². The second-order valence-corrected chi connectivity index (χ2v) is 8.02. The molecule has 3 aromatic rings. The topological polar surface area (TPSA) is 67.5 Å². The second-order valence-electron chi connectivity index (χ2n) is 7.15. The molecular formula is C19H26N6OS. The Morgan fingerprint density at radius 1 is 1.19 bits per heavy atom. The average Bonchev–Trinajstić information content (AvgIpc) is 3.31. The summed E-state index contributed by atoms with van der Waals surface area (Å²) in [5.41, 5.74) is 2.67. The lowest BCUT2D eigenvalue weighted by Crippen LogP contribution is -2.35. The number of amides is 1. The predicted molar refractivity (Wildman–Crippen MR) is 106 cm³/mol. The van der Waals surface area contributed by atoms with E-state index in [4.69, 9.17) is 0 Å². The summed E-state index contributed by atoms with van der Waals surface area (Å²) in [5.74, 6) is 0.0750. The quantitative estimate of drug-likeness (QED) is 0.732. The van der Waals surface area contributed by atoms with E-state index in [-0.39, 0.29) is 5.91 Å². The second kappa shape index (κ2) is 8.22. The van der Waals surface area contributed by atoms with E-state index in [0.29, 0.717) is 18.8 Å². The first-order valence-corrected chi connectivity index (χ1v) is 10.5. The van der Waals surface area contributed by atoms with E-state index in [9.17, 15) is 4.79 Å². The number of nitrogens with one attached hydrogen (secondary N) is 1. The number of aromatic nitrogens is 4. The highest BCUT2D eigenvalue weighted by Crippen LogP contribution is 2.20. The number of rotatable bonds is 5. The van der Waals surface area contributed by atoms with Crippen LogP contribution in [-0.2, 0) is 20.1 Å². The van der Waals surface area contributed by atoms with Gasteiger partial charge >= 0.3 is 0 Å². The molecule has 144 valence electrons. The molecule has 0 aromatic carbocycles. The summed E-state index contributed by atoms with van der Waals surface area (Å²) in [6, 6.07) is 0. The van der Waals surface area contributed by atoms with Crippen molar-refractivity contribution in [2.24, 2.45) is 7.05 Å². The van der Waals surface area contributed by atoms with Crippen LogP contribution in [0, 0.1) is 0 Å². The molecule has 3 aromatic heterocycles. The lowest BCUT2D eigenvalue weighted by Gasteiger charge is -2.24. The van der Waals surface area contributed by atoms with E-state index in [2.05, 4.69) is 15.4 Å². The predicted octanol–water partition coefficient (Wildman–Crippen LogP) is 2.83. The van der Waals surface area contributed by atoms with Gasteiger partial charge in [-0.1, -0.05) is 19.3 Å². The van der Waals surface area contributed by atoms with E-state index in [1.165, 1.54) is 19.3 Å². The molecule has 27 heavy (non-hydrogen) atoms. The summed E-state index contributed by atoms with van der Waals surface area (Å²) in [6.45, 7) is 2.99. The van der Waals surface area contributed by atoms with E-state index in [0.717, 1.165) is 42.1 Å². The molecule has 4 heterocycles. The zero-order valence-corrected chi connectivity index (χ0v) is 16.5. The third-order valence-electron chi connectivity index (χ3n) is 5.09. The molecule has 1 aliphatic rings. The molecule has 0 radical (unpaired) electrons. The average molecular weight is 387 g/mol. The molecule has 1 amide bonds. The Hall–Kier alpha value is -2.19. The first kappa shape index (κ1) is 18.2. The summed E-state index contributed by atoms with van der Waals surface area (Å²) < 4.78 is 3.84. The van der Waals surface area contributed by atoms with Crippen LogP contribution < -0.4 is 5.32 Å². The van der Waals surface area contributed by atoms with Crippen LogP contribution in [0.3, 0.4) is 0 Å². The smallest absolute Gasteiger partial charge is 0.274 e. The zero-order chi connectivity index (χ0) is 18.6. The highest BCUT2D eigenvalue weighted by molar-refractivity contribution is 7.15. The summed E-state index contributed by atoms with van der Waals surface area (Å²) in [5, 5.41) is 9.65. The van der Waals surface area contributed by atoms with Gasteiger partial charge in [-0.3, -0.25) is 13.9 Å². The third kappa shape index (κ3) is 4.06. The molecule has 1 N–H and O–H groups in total. The van der Waals surface area contributed by atoms with Gasteiger partial charge in [0.2, 0.25) is 0 Å². The van der Waals surface area contributed by atoms with Crippen molar-refractivity contribution in [1.29, 1.82) is 0 Å². The molecule has 7 nitrogen and oxygen atoms in total. The molecule has 0 saturated carbocycles. The van der Waals surface area contributed by atoms with Gasteiger partial charge in [0, 0.05) is 56.6 Å². The Morgan fingerprint density at radius 3 is 2.70 bits per heavy atom. The van der Waals surface area contributed by atoms with Crippen molar-refractivity contribution in [3.63, 3.8) is 0 Å². The molecule has 0 atom stereocenters. The van der Waals surface area contributed by atoms with Gasteiger partial charge in [0.1, 0.15) is 0 Å². The first-order valence-electron chi connectivity index (χ1n) is 9.64. The van der Waals surface area contributed by atoms with Gasteiger partial charge in [-0.15, -0.1) is 11.3 Å². The van der Waals surface area contributed by atoms with Gasteiger partial charge in [0.15, 0.2) is 10.7 Å². The van der Waals surface area contributed by atoms with Crippen molar-refractivity contribution in [2.45, 2.75) is 45.2 Å². The van der Waals surface area contributed by atoms with E-state index in [1.54, 1.807) is 16.0 Å². The maximum atomic E-state index is 13.2. The molecule has 0 spiro atoms. The molecular weight excluding hydrogens is 360 g/mol. The third-order valence-corrected chi connectivity index (χ3v) is 5.84. The van der Waals surface area contributed by atoms with Gasteiger partial charge in [0.05, 0.1) is 11.9 Å². The first-order chi connectivity index (χ1) is 13.2. The van der Waals surface area contributed by atoms with Gasteiger partial charge in [-0.2, -0.15) is 5.10 Å². The van der Waals surface area contributed by atoms with Gasteiger partial charge < -0.3 is 10.2 Å². The number of thiazole rings is 1. The van der Waals surface area contributed by atoms with Crippen LogP contribution in [0.15, 0.2) is 24.0 Å². The Balaban J connectivity index is 1.52. The molecule has 4 rings (SSSR count). The minimum Gasteiger partial charge on any atom is -0.337 e. The lowest BCUT2D eigenvalue weighted by atomic mass is 10.1. The van der Waals surface area contributed by atoms with E-state index in [1.807, 2.05) is 40.3 Å². The number of imidazole rings is 1. The van der Waals surface area contributed by atoms with Gasteiger partial charge in [-0.05, 0) is 12.8 Å². The summed E-state index contributed by atoms with van der Waals surface area (Å²) >= 11 is 1.57. The number of hydrogen-bond acceptors (Lipinski definition) is 5. The van der Waals surface area contributed by atoms with Crippen LogP contribution in [-0.4, -0.2) is 43.1 Å². The zero-order valence-electron chi connectivity index (χ0n) is 15.7. The molecule has 8 heteroatoms. The van der Waals surface area contributed by atoms with Crippen molar-refractivity contribution in [3.8, 4) is 0 Å². The summed E-state index contributed by atoms with van der Waals surface area (Å²) in [6.07, 6.45) is 11.7. The molecule has 1 aliphatic heterocycles. The number of fused-ring (bicyclic) bond motifs is 1. The Kier molecular flexibility index (Phi) is 5.54. The van der Waals surface area contributed by atoms with Crippen LogP contribution in [0.5, 0.6) is 0 Å². The number of hydrogen-bond donors (Lipinski definition) is 1. The molecule has 1 fully saturated rings. The normalized spacial score (nSPS) is 15.8. The van der Waals surface area contributed by atoms with Gasteiger partial charge in [-0.25, -0.2) is 4.98 Å². The van der Waals surface area contributed by atoms with Crippen LogP contribution >= 0.6 is 11.3 Å². The SMILES string of the molecule is Cn1cc(CNCc2c(C(=O)N3CCCCCCC3)nc3sccn23)cn1. The van der Waals surface area contributed by atoms with E-state index >= 15 is 0 Å². The fraction of sp³-hybridized carbons (Fsp3) is 0.526. The van der Waals surface area contributed by atoms with E-state index < -0.39 is 0 Å². The number of likely N-dealkylation sites (tertiary alicyclic amines) is 1. The monoisotopic (exact) mass is 386 g/mol. The minimum atomic E-state index is 0.0750. The van der Waals surface area contributed by atoms with Crippen molar-refractivity contribution in [2.75, 3.05) is 13.1 Å². The maximum Gasteiger partial charge on any atom is 0.274 e. The largest absolute Gasteiger partial charge is 0.337 e. The fourth-order valence-electron chi connectivity index (χ4n) is 3.66. The summed E-state index contributed by atoms with van der Waals surface area (Å²) in [7, 11) is 1.91. The van der Waals surface area contributed by atoms with Crippen LogP contribution in [0.4, 0.5) is 0 Å². The molecule has 0 bridgehead atoms. The number of carbonyl (C=O) groups is 1. The number of aryl methyl sites for hydroxylation is 1. The van der Waals surface area contributed by atoms with Crippen molar-refractivity contribution >= 4 is 22.2 Å². The fourth-order valence-corrected chi connectivity index (χ4v) is 4.39.